The number of benzene rings is 3. The molecular weight excluding hydrogens is 538 g/mol. The molecule has 3 atom stereocenters. The first-order valence-corrected chi connectivity index (χ1v) is 13.7. The number of anilines is 1. The number of amides is 1. The second-order valence-electron chi connectivity index (χ2n) is 11.2. The minimum absolute atomic E-state index is 0.0317. The highest BCUT2D eigenvalue weighted by atomic mass is 16.6. The molecular formula is C33H35NO8. The molecule has 0 aromatic heterocycles. The van der Waals surface area contributed by atoms with E-state index >= 15 is 0 Å². The standard InChI is InChI=1S/C33H35NO8/c1-20-10-14-22(15-11-20)30(36)39-19-28-26(41-31(37)23-16-12-21(2)13-17-23)18-27(40-28)29(35)24-8-6-7-9-25(24)34-32(38)42-33(3,4)5/h6-17,26-28H,18-19H2,1-5H3,(H,34,38)/t26-,27+,28+/m0/s1. The van der Waals surface area contributed by atoms with Gasteiger partial charge in [0.15, 0.2) is 5.78 Å². The van der Waals surface area contributed by atoms with Crippen LogP contribution in [-0.4, -0.2) is 54.3 Å². The molecule has 1 amide bonds. The van der Waals surface area contributed by atoms with Crippen molar-refractivity contribution in [2.75, 3.05) is 11.9 Å². The normalized spacial score (nSPS) is 18.2. The number of nitrogens with one attached hydrogen (secondary N) is 1. The van der Waals surface area contributed by atoms with E-state index in [0.29, 0.717) is 11.1 Å². The van der Waals surface area contributed by atoms with E-state index in [0.717, 1.165) is 11.1 Å². The Hall–Kier alpha value is -4.50. The molecule has 0 radical (unpaired) electrons. The van der Waals surface area contributed by atoms with Gasteiger partial charge in [0.1, 0.15) is 30.5 Å². The Balaban J connectivity index is 1.51. The molecule has 3 aromatic carbocycles. The Kier molecular flexibility index (Phi) is 9.42. The van der Waals surface area contributed by atoms with Gasteiger partial charge in [0.25, 0.3) is 0 Å². The zero-order chi connectivity index (χ0) is 30.4. The molecule has 9 heteroatoms. The Bertz CT molecular complexity index is 1440. The predicted molar refractivity (Wildman–Crippen MR) is 156 cm³/mol. The van der Waals surface area contributed by atoms with E-state index in [1.807, 2.05) is 13.8 Å². The molecule has 1 heterocycles. The number of aryl methyl sites for hydroxylation is 2. The Labute approximate surface area is 245 Å². The molecule has 0 bridgehead atoms. The van der Waals surface area contributed by atoms with Crippen LogP contribution in [0.3, 0.4) is 0 Å². The average molecular weight is 574 g/mol. The highest BCUT2D eigenvalue weighted by Crippen LogP contribution is 2.30. The first kappa shape index (κ1) is 30.5. The molecule has 1 aliphatic heterocycles. The maximum absolute atomic E-state index is 13.6. The summed E-state index contributed by atoms with van der Waals surface area (Å²) in [5, 5.41) is 2.62. The van der Waals surface area contributed by atoms with Gasteiger partial charge in [0, 0.05) is 12.0 Å². The largest absolute Gasteiger partial charge is 0.459 e. The third kappa shape index (κ3) is 8.04. The van der Waals surface area contributed by atoms with Crippen molar-refractivity contribution >= 4 is 29.5 Å². The lowest BCUT2D eigenvalue weighted by molar-refractivity contribution is -0.0377. The molecule has 0 unspecified atom stereocenters. The van der Waals surface area contributed by atoms with E-state index < -0.39 is 47.7 Å². The van der Waals surface area contributed by atoms with E-state index in [4.69, 9.17) is 18.9 Å². The van der Waals surface area contributed by atoms with Crippen LogP contribution >= 0.6 is 0 Å². The van der Waals surface area contributed by atoms with Crippen LogP contribution in [0.25, 0.3) is 0 Å². The molecule has 1 N–H and O–H groups in total. The number of esters is 2. The fraction of sp³-hybridized carbons (Fsp3) is 0.333. The zero-order valence-electron chi connectivity index (χ0n) is 24.3. The van der Waals surface area contributed by atoms with Crippen molar-refractivity contribution in [3.8, 4) is 0 Å². The summed E-state index contributed by atoms with van der Waals surface area (Å²) in [6.07, 6.45) is -3.46. The summed E-state index contributed by atoms with van der Waals surface area (Å²) in [4.78, 5) is 51.7. The van der Waals surface area contributed by atoms with Crippen LogP contribution in [0, 0.1) is 13.8 Å². The number of rotatable bonds is 8. The van der Waals surface area contributed by atoms with Gasteiger partial charge in [-0.1, -0.05) is 47.5 Å². The van der Waals surface area contributed by atoms with Gasteiger partial charge in [-0.05, 0) is 71.0 Å². The number of Topliss-reactive ketones (excluding diaryl/α,β-unsaturated/α-hetero) is 1. The van der Waals surface area contributed by atoms with E-state index in [-0.39, 0.29) is 24.3 Å². The van der Waals surface area contributed by atoms with Gasteiger partial charge in [-0.2, -0.15) is 0 Å². The summed E-state index contributed by atoms with van der Waals surface area (Å²) < 4.78 is 22.6. The SMILES string of the molecule is Cc1ccc(C(=O)OC[C@H]2O[C@@H](C(=O)c3ccccc3NC(=O)OC(C)(C)C)C[C@@H]2OC(=O)c2ccc(C)cc2)cc1. The van der Waals surface area contributed by atoms with Crippen LogP contribution in [0.4, 0.5) is 10.5 Å². The second-order valence-corrected chi connectivity index (χ2v) is 11.2. The Morgan fingerprint density at radius 1 is 0.833 bits per heavy atom. The van der Waals surface area contributed by atoms with Gasteiger partial charge in [-0.25, -0.2) is 14.4 Å². The number of para-hydroxylation sites is 1. The first-order valence-electron chi connectivity index (χ1n) is 13.7. The second kappa shape index (κ2) is 13.0. The van der Waals surface area contributed by atoms with Gasteiger partial charge >= 0.3 is 18.0 Å². The van der Waals surface area contributed by atoms with Crippen molar-refractivity contribution in [2.45, 2.75) is 65.0 Å². The number of carbonyl (C=O) groups excluding carboxylic acids is 4. The van der Waals surface area contributed by atoms with E-state index in [9.17, 15) is 19.2 Å². The summed E-state index contributed by atoms with van der Waals surface area (Å²) >= 11 is 0. The zero-order valence-corrected chi connectivity index (χ0v) is 24.3. The van der Waals surface area contributed by atoms with Crippen LogP contribution in [0.5, 0.6) is 0 Å². The number of ketones is 1. The lowest BCUT2D eigenvalue weighted by Gasteiger charge is -2.20. The van der Waals surface area contributed by atoms with Crippen LogP contribution in [0.15, 0.2) is 72.8 Å². The van der Waals surface area contributed by atoms with Gasteiger partial charge in [0.2, 0.25) is 0 Å². The Morgan fingerprint density at radius 2 is 1.40 bits per heavy atom. The smallest absolute Gasteiger partial charge is 0.412 e. The highest BCUT2D eigenvalue weighted by molar-refractivity contribution is 6.06. The first-order chi connectivity index (χ1) is 19.9. The van der Waals surface area contributed by atoms with Crippen LogP contribution in [0.1, 0.15) is 69.4 Å². The molecule has 9 nitrogen and oxygen atoms in total. The molecule has 1 saturated heterocycles. The lowest BCUT2D eigenvalue weighted by atomic mass is 10.0. The minimum atomic E-state index is -1.02. The average Bonchev–Trinajstić information content (AvgIpc) is 3.33. The van der Waals surface area contributed by atoms with E-state index in [1.165, 1.54) is 0 Å². The Morgan fingerprint density at radius 3 is 2.00 bits per heavy atom. The van der Waals surface area contributed by atoms with Crippen molar-refractivity contribution in [1.29, 1.82) is 0 Å². The van der Waals surface area contributed by atoms with Gasteiger partial charge in [-0.15, -0.1) is 0 Å². The quantitative estimate of drug-likeness (QED) is 0.196. The molecule has 1 fully saturated rings. The summed E-state index contributed by atoms with van der Waals surface area (Å²) in [5.74, 6) is -1.58. The maximum atomic E-state index is 13.6. The summed E-state index contributed by atoms with van der Waals surface area (Å²) in [7, 11) is 0. The molecule has 0 spiro atoms. The third-order valence-electron chi connectivity index (χ3n) is 6.53. The molecule has 42 heavy (non-hydrogen) atoms. The molecule has 1 aliphatic rings. The molecule has 3 aromatic rings. The van der Waals surface area contributed by atoms with Crippen molar-refractivity contribution in [2.24, 2.45) is 0 Å². The summed E-state index contributed by atoms with van der Waals surface area (Å²) in [5.41, 5.74) is 2.42. The van der Waals surface area contributed by atoms with Crippen LogP contribution in [0.2, 0.25) is 0 Å². The predicted octanol–water partition coefficient (Wildman–Crippen LogP) is 6.07. The van der Waals surface area contributed by atoms with Gasteiger partial charge < -0.3 is 18.9 Å². The molecule has 0 saturated carbocycles. The van der Waals surface area contributed by atoms with Crippen molar-refractivity contribution in [1.82, 2.24) is 0 Å². The molecule has 0 aliphatic carbocycles. The molecule has 220 valence electrons. The lowest BCUT2D eigenvalue weighted by Crippen LogP contribution is -2.32. The van der Waals surface area contributed by atoms with Crippen molar-refractivity contribution < 1.29 is 38.1 Å². The maximum Gasteiger partial charge on any atom is 0.412 e. The number of carbonyl (C=O) groups is 4. The van der Waals surface area contributed by atoms with E-state index in [2.05, 4.69) is 5.32 Å². The van der Waals surface area contributed by atoms with Crippen LogP contribution < -0.4 is 5.32 Å². The van der Waals surface area contributed by atoms with Crippen molar-refractivity contribution in [3.63, 3.8) is 0 Å². The fourth-order valence-corrected chi connectivity index (χ4v) is 4.38. The number of hydrogen-bond acceptors (Lipinski definition) is 8. The summed E-state index contributed by atoms with van der Waals surface area (Å²) in [6, 6.07) is 20.3. The highest BCUT2D eigenvalue weighted by Gasteiger charge is 2.43. The summed E-state index contributed by atoms with van der Waals surface area (Å²) in [6.45, 7) is 8.79. The van der Waals surface area contributed by atoms with Crippen molar-refractivity contribution in [3.05, 3.63) is 101 Å². The monoisotopic (exact) mass is 573 g/mol. The van der Waals surface area contributed by atoms with Crippen LogP contribution in [-0.2, 0) is 18.9 Å². The molecule has 4 rings (SSSR count). The topological polar surface area (TPSA) is 117 Å². The third-order valence-corrected chi connectivity index (χ3v) is 6.53. The van der Waals surface area contributed by atoms with E-state index in [1.54, 1.807) is 93.6 Å². The number of ether oxygens (including phenoxy) is 4. The number of hydrogen-bond donors (Lipinski definition) is 1. The van der Waals surface area contributed by atoms with Gasteiger partial charge in [-0.3, -0.25) is 10.1 Å². The van der Waals surface area contributed by atoms with Gasteiger partial charge in [0.05, 0.1) is 16.8 Å². The minimum Gasteiger partial charge on any atom is -0.459 e. The fourth-order valence-electron chi connectivity index (χ4n) is 4.38.